The average Bonchev–Trinajstić information content (AvgIpc) is 2.61. The summed E-state index contributed by atoms with van der Waals surface area (Å²) in [6.07, 6.45) is 3.08. The van der Waals surface area contributed by atoms with Crippen molar-refractivity contribution < 1.29 is 9.53 Å². The lowest BCUT2D eigenvalue weighted by molar-refractivity contribution is 0.0949. The molecule has 122 valence electrons. The number of rotatable bonds is 5. The SMILES string of the molecule is CCOc1ccc2[nH]cc(C(=O)NCc3ccccn3)c(=O)c2c1. The zero-order valence-corrected chi connectivity index (χ0v) is 13.2. The number of nitrogens with one attached hydrogen (secondary N) is 2. The van der Waals surface area contributed by atoms with Crippen molar-refractivity contribution in [1.82, 2.24) is 15.3 Å². The maximum absolute atomic E-state index is 12.6. The Bertz CT molecular complexity index is 920. The summed E-state index contributed by atoms with van der Waals surface area (Å²) in [4.78, 5) is 32.0. The van der Waals surface area contributed by atoms with Crippen molar-refractivity contribution in [1.29, 1.82) is 0 Å². The zero-order valence-electron chi connectivity index (χ0n) is 13.2. The van der Waals surface area contributed by atoms with E-state index in [1.165, 1.54) is 6.20 Å². The fourth-order valence-corrected chi connectivity index (χ4v) is 2.39. The quantitative estimate of drug-likeness (QED) is 0.754. The molecule has 0 radical (unpaired) electrons. The molecule has 0 aliphatic rings. The van der Waals surface area contributed by atoms with Crippen molar-refractivity contribution >= 4 is 16.8 Å². The normalized spacial score (nSPS) is 10.5. The second-order valence-electron chi connectivity index (χ2n) is 5.18. The molecule has 1 aromatic carbocycles. The largest absolute Gasteiger partial charge is 0.494 e. The number of aromatic amines is 1. The molecule has 0 saturated heterocycles. The lowest BCUT2D eigenvalue weighted by Crippen LogP contribution is -2.28. The van der Waals surface area contributed by atoms with Crippen molar-refractivity contribution in [2.45, 2.75) is 13.5 Å². The molecule has 0 aliphatic carbocycles. The third-order valence-electron chi connectivity index (χ3n) is 3.56. The number of pyridine rings is 2. The van der Waals surface area contributed by atoms with Crippen LogP contribution in [-0.4, -0.2) is 22.5 Å². The minimum absolute atomic E-state index is 0.0621. The van der Waals surface area contributed by atoms with Crippen LogP contribution in [0.15, 0.2) is 53.6 Å². The van der Waals surface area contributed by atoms with Crippen molar-refractivity contribution in [2.75, 3.05) is 6.61 Å². The predicted molar refractivity (Wildman–Crippen MR) is 91.1 cm³/mol. The van der Waals surface area contributed by atoms with Gasteiger partial charge in [-0.1, -0.05) is 6.07 Å². The highest BCUT2D eigenvalue weighted by Gasteiger charge is 2.13. The first kappa shape index (κ1) is 15.7. The molecule has 6 heteroatoms. The van der Waals surface area contributed by atoms with Gasteiger partial charge in [0.1, 0.15) is 11.3 Å². The molecule has 1 amide bonds. The summed E-state index contributed by atoms with van der Waals surface area (Å²) in [7, 11) is 0. The number of hydrogen-bond donors (Lipinski definition) is 2. The summed E-state index contributed by atoms with van der Waals surface area (Å²) in [5.41, 5.74) is 1.11. The maximum Gasteiger partial charge on any atom is 0.257 e. The first-order chi connectivity index (χ1) is 11.7. The van der Waals surface area contributed by atoms with Crippen LogP contribution in [0.1, 0.15) is 23.0 Å². The van der Waals surface area contributed by atoms with E-state index in [1.807, 2.05) is 13.0 Å². The highest BCUT2D eigenvalue weighted by atomic mass is 16.5. The van der Waals surface area contributed by atoms with Gasteiger partial charge in [0.05, 0.1) is 18.8 Å². The lowest BCUT2D eigenvalue weighted by Gasteiger charge is -2.07. The summed E-state index contributed by atoms with van der Waals surface area (Å²) in [6.45, 7) is 2.64. The molecule has 3 aromatic rings. The smallest absolute Gasteiger partial charge is 0.257 e. The van der Waals surface area contributed by atoms with Gasteiger partial charge >= 0.3 is 0 Å². The molecule has 6 nitrogen and oxygen atoms in total. The van der Waals surface area contributed by atoms with Crippen molar-refractivity contribution in [2.24, 2.45) is 0 Å². The number of benzene rings is 1. The van der Waals surface area contributed by atoms with Gasteiger partial charge in [0.2, 0.25) is 5.43 Å². The maximum atomic E-state index is 12.6. The number of fused-ring (bicyclic) bond motifs is 1. The summed E-state index contributed by atoms with van der Waals surface area (Å²) in [6, 6.07) is 10.6. The number of carbonyl (C=O) groups is 1. The minimum Gasteiger partial charge on any atom is -0.494 e. The number of carbonyl (C=O) groups excluding carboxylic acids is 1. The standard InChI is InChI=1S/C18H17N3O3/c1-2-24-13-6-7-16-14(9-13)17(22)15(11-20-16)18(23)21-10-12-5-3-4-8-19-12/h3-9,11H,2,10H2,1H3,(H,20,22)(H,21,23). The molecule has 0 spiro atoms. The van der Waals surface area contributed by atoms with Gasteiger partial charge in [-0.25, -0.2) is 0 Å². The third-order valence-corrected chi connectivity index (χ3v) is 3.56. The number of H-pyrrole nitrogens is 1. The molecule has 0 atom stereocenters. The van der Waals surface area contributed by atoms with Gasteiger partial charge in [-0.15, -0.1) is 0 Å². The molecular weight excluding hydrogens is 306 g/mol. The Morgan fingerprint density at radius 3 is 2.92 bits per heavy atom. The number of aromatic nitrogens is 2. The van der Waals surface area contributed by atoms with E-state index >= 15 is 0 Å². The number of nitrogens with zero attached hydrogens (tertiary/aromatic N) is 1. The first-order valence-corrected chi connectivity index (χ1v) is 7.65. The van der Waals surface area contributed by atoms with Gasteiger partial charge in [-0.3, -0.25) is 14.6 Å². The Morgan fingerprint density at radius 1 is 1.29 bits per heavy atom. The molecule has 2 N–H and O–H groups in total. The molecule has 0 fully saturated rings. The van der Waals surface area contributed by atoms with Crippen LogP contribution in [0.5, 0.6) is 5.75 Å². The summed E-state index contributed by atoms with van der Waals surface area (Å²) in [5.74, 6) is 0.159. The van der Waals surface area contributed by atoms with E-state index in [0.717, 1.165) is 5.69 Å². The van der Waals surface area contributed by atoms with E-state index in [-0.39, 0.29) is 17.5 Å². The molecule has 2 aromatic heterocycles. The Kier molecular flexibility index (Phi) is 4.56. The average molecular weight is 323 g/mol. The third kappa shape index (κ3) is 3.27. The topological polar surface area (TPSA) is 84.1 Å². The minimum atomic E-state index is -0.439. The molecule has 0 aliphatic heterocycles. The van der Waals surface area contributed by atoms with Gasteiger partial charge in [0.25, 0.3) is 5.91 Å². The fourth-order valence-electron chi connectivity index (χ4n) is 2.39. The van der Waals surface area contributed by atoms with E-state index in [4.69, 9.17) is 4.74 Å². The number of ether oxygens (including phenoxy) is 1. The van der Waals surface area contributed by atoms with Crippen LogP contribution in [-0.2, 0) is 6.54 Å². The van der Waals surface area contributed by atoms with Gasteiger partial charge in [0.15, 0.2) is 0 Å². The van der Waals surface area contributed by atoms with E-state index in [0.29, 0.717) is 23.3 Å². The van der Waals surface area contributed by atoms with Gasteiger partial charge in [-0.2, -0.15) is 0 Å². The predicted octanol–water partition coefficient (Wildman–Crippen LogP) is 2.25. The van der Waals surface area contributed by atoms with Crippen LogP contribution in [0.4, 0.5) is 0 Å². The van der Waals surface area contributed by atoms with Crippen LogP contribution in [0.3, 0.4) is 0 Å². The fraction of sp³-hybridized carbons (Fsp3) is 0.167. The highest BCUT2D eigenvalue weighted by Crippen LogP contribution is 2.17. The highest BCUT2D eigenvalue weighted by molar-refractivity contribution is 5.97. The summed E-state index contributed by atoms with van der Waals surface area (Å²) in [5, 5.41) is 3.13. The Labute approximate surface area is 138 Å². The van der Waals surface area contributed by atoms with Gasteiger partial charge < -0.3 is 15.0 Å². The van der Waals surface area contributed by atoms with Crippen molar-refractivity contribution in [3.8, 4) is 5.75 Å². The second kappa shape index (κ2) is 6.95. The molecular formula is C18H17N3O3. The molecule has 24 heavy (non-hydrogen) atoms. The van der Waals surface area contributed by atoms with Crippen LogP contribution in [0.2, 0.25) is 0 Å². The lowest BCUT2D eigenvalue weighted by atomic mass is 10.1. The van der Waals surface area contributed by atoms with E-state index < -0.39 is 5.91 Å². The molecule has 2 heterocycles. The van der Waals surface area contributed by atoms with Crippen LogP contribution >= 0.6 is 0 Å². The van der Waals surface area contributed by atoms with Gasteiger partial charge in [-0.05, 0) is 37.3 Å². The van der Waals surface area contributed by atoms with Crippen LogP contribution in [0.25, 0.3) is 10.9 Å². The molecule has 0 bridgehead atoms. The first-order valence-electron chi connectivity index (χ1n) is 7.65. The van der Waals surface area contributed by atoms with E-state index in [1.54, 1.807) is 36.5 Å². The molecule has 0 unspecified atom stereocenters. The van der Waals surface area contributed by atoms with Crippen LogP contribution in [0, 0.1) is 0 Å². The zero-order chi connectivity index (χ0) is 16.9. The van der Waals surface area contributed by atoms with Crippen molar-refractivity contribution in [3.05, 3.63) is 70.3 Å². The Hall–Kier alpha value is -3.15. The molecule has 3 rings (SSSR count). The van der Waals surface area contributed by atoms with E-state index in [2.05, 4.69) is 15.3 Å². The van der Waals surface area contributed by atoms with Crippen LogP contribution < -0.4 is 15.5 Å². The summed E-state index contributed by atoms with van der Waals surface area (Å²) >= 11 is 0. The molecule has 0 saturated carbocycles. The Morgan fingerprint density at radius 2 is 2.17 bits per heavy atom. The monoisotopic (exact) mass is 323 g/mol. The number of hydrogen-bond acceptors (Lipinski definition) is 4. The number of amides is 1. The Balaban J connectivity index is 1.87. The summed E-state index contributed by atoms with van der Waals surface area (Å²) < 4.78 is 5.41. The van der Waals surface area contributed by atoms with Crippen molar-refractivity contribution in [3.63, 3.8) is 0 Å². The van der Waals surface area contributed by atoms with Gasteiger partial charge in [0, 0.05) is 23.3 Å². The second-order valence-corrected chi connectivity index (χ2v) is 5.18. The van der Waals surface area contributed by atoms with E-state index in [9.17, 15) is 9.59 Å².